The van der Waals surface area contributed by atoms with E-state index in [1.807, 2.05) is 0 Å². The Morgan fingerprint density at radius 3 is 2.47 bits per heavy atom. The fraction of sp³-hybridized carbons (Fsp3) is 0.917. The molecule has 90 valence electrons. The first-order valence-corrected chi connectivity index (χ1v) is 6.24. The zero-order valence-corrected chi connectivity index (χ0v) is 10.4. The molecule has 15 heavy (non-hydrogen) atoms. The Morgan fingerprint density at radius 1 is 1.20 bits per heavy atom. The first kappa shape index (κ1) is 14.4. The average molecular weight is 214 g/mol. The highest BCUT2D eigenvalue weighted by molar-refractivity contribution is 5.78. The number of amides is 1. The van der Waals surface area contributed by atoms with Crippen LogP contribution in [0.15, 0.2) is 0 Å². The van der Waals surface area contributed by atoms with Crippen molar-refractivity contribution in [2.24, 2.45) is 5.92 Å². The maximum absolute atomic E-state index is 11.7. The van der Waals surface area contributed by atoms with Gasteiger partial charge in [0.1, 0.15) is 0 Å². The molecule has 0 spiro atoms. The van der Waals surface area contributed by atoms with Crippen LogP contribution in [0.5, 0.6) is 0 Å². The summed E-state index contributed by atoms with van der Waals surface area (Å²) in [5.74, 6) is 0.440. The van der Waals surface area contributed by atoms with Crippen LogP contribution in [0.1, 0.15) is 46.5 Å². The van der Waals surface area contributed by atoms with Crippen LogP contribution >= 0.6 is 0 Å². The van der Waals surface area contributed by atoms with Crippen molar-refractivity contribution in [1.29, 1.82) is 0 Å². The van der Waals surface area contributed by atoms with Crippen molar-refractivity contribution in [1.82, 2.24) is 10.6 Å². The van der Waals surface area contributed by atoms with Gasteiger partial charge in [-0.15, -0.1) is 0 Å². The highest BCUT2D eigenvalue weighted by atomic mass is 16.1. The third kappa shape index (κ3) is 7.37. The normalized spacial score (nSPS) is 12.5. The summed E-state index contributed by atoms with van der Waals surface area (Å²) in [4.78, 5) is 11.7. The molecule has 0 aliphatic carbocycles. The Bertz CT molecular complexity index is 160. The summed E-state index contributed by atoms with van der Waals surface area (Å²) in [6.07, 6.45) is 4.30. The summed E-state index contributed by atoms with van der Waals surface area (Å²) in [5, 5.41) is 6.16. The molecule has 0 radical (unpaired) electrons. The highest BCUT2D eigenvalue weighted by Crippen LogP contribution is 2.12. The van der Waals surface area contributed by atoms with E-state index in [-0.39, 0.29) is 11.8 Å². The number of rotatable bonds is 9. The van der Waals surface area contributed by atoms with Crippen LogP contribution in [0.25, 0.3) is 0 Å². The van der Waals surface area contributed by atoms with Crippen LogP contribution in [-0.4, -0.2) is 25.5 Å². The minimum absolute atomic E-state index is 0.214. The van der Waals surface area contributed by atoms with Gasteiger partial charge in [-0.1, -0.05) is 33.6 Å². The zero-order chi connectivity index (χ0) is 11.5. The average Bonchev–Trinajstić information content (AvgIpc) is 2.25. The molecule has 1 atom stereocenters. The predicted molar refractivity (Wildman–Crippen MR) is 64.9 cm³/mol. The maximum Gasteiger partial charge on any atom is 0.223 e. The van der Waals surface area contributed by atoms with E-state index in [4.69, 9.17) is 0 Å². The predicted octanol–water partition coefficient (Wildman–Crippen LogP) is 1.93. The van der Waals surface area contributed by atoms with Crippen LogP contribution in [0.3, 0.4) is 0 Å². The van der Waals surface area contributed by atoms with E-state index in [0.717, 1.165) is 38.9 Å². The summed E-state index contributed by atoms with van der Waals surface area (Å²) in [6, 6.07) is 0. The van der Waals surface area contributed by atoms with Gasteiger partial charge in [-0.25, -0.2) is 0 Å². The molecule has 0 aromatic carbocycles. The lowest BCUT2D eigenvalue weighted by atomic mass is 9.98. The summed E-state index contributed by atoms with van der Waals surface area (Å²) < 4.78 is 0. The van der Waals surface area contributed by atoms with Crippen LogP contribution in [0, 0.1) is 5.92 Å². The molecule has 0 saturated carbocycles. The topological polar surface area (TPSA) is 41.1 Å². The fourth-order valence-electron chi connectivity index (χ4n) is 1.57. The van der Waals surface area contributed by atoms with Gasteiger partial charge < -0.3 is 10.6 Å². The molecule has 2 N–H and O–H groups in total. The third-order valence-electron chi connectivity index (χ3n) is 2.62. The first-order chi connectivity index (χ1) is 7.26. The number of unbranched alkanes of at least 4 members (excludes halogenated alkanes) is 1. The lowest BCUT2D eigenvalue weighted by Crippen LogP contribution is -2.35. The molecular formula is C12H26N2O. The van der Waals surface area contributed by atoms with Gasteiger partial charge in [0.25, 0.3) is 0 Å². The van der Waals surface area contributed by atoms with Crippen LogP contribution < -0.4 is 10.6 Å². The smallest absolute Gasteiger partial charge is 0.223 e. The first-order valence-electron chi connectivity index (χ1n) is 6.24. The van der Waals surface area contributed by atoms with Gasteiger partial charge in [-0.2, -0.15) is 0 Å². The highest BCUT2D eigenvalue weighted by Gasteiger charge is 2.14. The van der Waals surface area contributed by atoms with Gasteiger partial charge in [0, 0.05) is 19.0 Å². The van der Waals surface area contributed by atoms with Crippen LogP contribution in [0.2, 0.25) is 0 Å². The van der Waals surface area contributed by atoms with Crippen LogP contribution in [0.4, 0.5) is 0 Å². The summed E-state index contributed by atoms with van der Waals surface area (Å²) in [5.41, 5.74) is 0. The molecule has 1 amide bonds. The number of nitrogens with one attached hydrogen (secondary N) is 2. The molecule has 1 unspecified atom stereocenters. The molecule has 3 heteroatoms. The van der Waals surface area contributed by atoms with Crippen molar-refractivity contribution >= 4 is 5.91 Å². The van der Waals surface area contributed by atoms with Gasteiger partial charge in [0.15, 0.2) is 0 Å². The van der Waals surface area contributed by atoms with Crippen molar-refractivity contribution in [2.45, 2.75) is 46.5 Å². The lowest BCUT2D eigenvalue weighted by Gasteiger charge is -2.14. The zero-order valence-electron chi connectivity index (χ0n) is 10.4. The maximum atomic E-state index is 11.7. The van der Waals surface area contributed by atoms with Gasteiger partial charge in [-0.05, 0) is 19.4 Å². The second kappa shape index (κ2) is 9.97. The Hall–Kier alpha value is -0.570. The van der Waals surface area contributed by atoms with E-state index in [1.165, 1.54) is 6.42 Å². The molecule has 0 aromatic heterocycles. The third-order valence-corrected chi connectivity index (χ3v) is 2.62. The Balaban J connectivity index is 3.63. The van der Waals surface area contributed by atoms with E-state index < -0.39 is 0 Å². The molecule has 0 bridgehead atoms. The van der Waals surface area contributed by atoms with Gasteiger partial charge in [0.2, 0.25) is 5.91 Å². The second-order valence-corrected chi connectivity index (χ2v) is 3.89. The van der Waals surface area contributed by atoms with E-state index in [0.29, 0.717) is 0 Å². The summed E-state index contributed by atoms with van der Waals surface area (Å²) >= 11 is 0. The number of likely N-dealkylation sites (N-methyl/N-ethyl adjacent to an activating group) is 1. The van der Waals surface area contributed by atoms with Crippen molar-refractivity contribution in [3.8, 4) is 0 Å². The summed E-state index contributed by atoms with van der Waals surface area (Å²) in [6.45, 7) is 8.89. The van der Waals surface area contributed by atoms with E-state index in [1.54, 1.807) is 0 Å². The van der Waals surface area contributed by atoms with Crippen molar-refractivity contribution in [3.63, 3.8) is 0 Å². The number of carbonyl (C=O) groups excluding carboxylic acids is 1. The molecule has 0 aliphatic heterocycles. The number of hydrogen-bond donors (Lipinski definition) is 2. The standard InChI is InChI=1S/C12H26N2O/c1-4-7-8-11(5-2)12(15)14-10-9-13-6-3/h11,13H,4-10H2,1-3H3,(H,14,15). The van der Waals surface area contributed by atoms with E-state index >= 15 is 0 Å². The molecule has 0 fully saturated rings. The molecule has 0 rings (SSSR count). The Morgan fingerprint density at radius 2 is 1.93 bits per heavy atom. The number of hydrogen-bond acceptors (Lipinski definition) is 2. The van der Waals surface area contributed by atoms with Gasteiger partial charge >= 0.3 is 0 Å². The molecule has 0 aromatic rings. The largest absolute Gasteiger partial charge is 0.355 e. The molecule has 0 aliphatic rings. The SMILES string of the molecule is CCCCC(CC)C(=O)NCCNCC. The molecule has 0 saturated heterocycles. The molecule has 3 nitrogen and oxygen atoms in total. The molecular weight excluding hydrogens is 188 g/mol. The number of carbonyl (C=O) groups is 1. The van der Waals surface area contributed by atoms with E-state index in [9.17, 15) is 4.79 Å². The Kier molecular flexibility index (Phi) is 9.59. The monoisotopic (exact) mass is 214 g/mol. The lowest BCUT2D eigenvalue weighted by molar-refractivity contribution is -0.125. The molecule has 0 heterocycles. The van der Waals surface area contributed by atoms with Gasteiger partial charge in [0.05, 0.1) is 0 Å². The second-order valence-electron chi connectivity index (χ2n) is 3.89. The Labute approximate surface area is 94.0 Å². The minimum Gasteiger partial charge on any atom is -0.355 e. The van der Waals surface area contributed by atoms with Gasteiger partial charge in [-0.3, -0.25) is 4.79 Å². The van der Waals surface area contributed by atoms with Crippen LogP contribution in [-0.2, 0) is 4.79 Å². The van der Waals surface area contributed by atoms with Crippen molar-refractivity contribution in [2.75, 3.05) is 19.6 Å². The quantitative estimate of drug-likeness (QED) is 0.576. The fourth-order valence-corrected chi connectivity index (χ4v) is 1.57. The van der Waals surface area contributed by atoms with Crippen molar-refractivity contribution < 1.29 is 4.79 Å². The minimum atomic E-state index is 0.214. The van der Waals surface area contributed by atoms with E-state index in [2.05, 4.69) is 31.4 Å². The van der Waals surface area contributed by atoms with Crippen molar-refractivity contribution in [3.05, 3.63) is 0 Å². The summed E-state index contributed by atoms with van der Waals surface area (Å²) in [7, 11) is 0.